The molecule has 0 saturated heterocycles. The maximum Gasteiger partial charge on any atom is 0.264 e. The molecule has 8 nitrogen and oxygen atoms in total. The molecular weight excluding hydrogens is 498 g/mol. The molecule has 32 heavy (non-hydrogen) atoms. The zero-order valence-electron chi connectivity index (χ0n) is 16.6. The number of nitrogens with one attached hydrogen (secondary N) is 1. The van der Waals surface area contributed by atoms with Crippen molar-refractivity contribution in [1.29, 1.82) is 0 Å². The van der Waals surface area contributed by atoms with Crippen LogP contribution in [0.4, 0.5) is 5.69 Å². The highest BCUT2D eigenvalue weighted by molar-refractivity contribution is 9.10. The fourth-order valence-electron chi connectivity index (χ4n) is 3.00. The molecule has 1 aliphatic rings. The highest BCUT2D eigenvalue weighted by Crippen LogP contribution is 2.32. The Bertz CT molecular complexity index is 1270. The number of anilines is 1. The van der Waals surface area contributed by atoms with E-state index in [2.05, 4.69) is 26.5 Å². The molecule has 10 heteroatoms. The fraction of sp³-hybridized carbons (Fsp3) is 0.0909. The monoisotopic (exact) mass is 515 g/mol. The van der Waals surface area contributed by atoms with Gasteiger partial charge in [-0.05, 0) is 54.1 Å². The molecule has 0 aromatic heterocycles. The van der Waals surface area contributed by atoms with Crippen LogP contribution in [-0.2, 0) is 14.8 Å². The summed E-state index contributed by atoms with van der Waals surface area (Å²) in [6.07, 6.45) is 1.44. The first kappa shape index (κ1) is 21.8. The first-order valence-electron chi connectivity index (χ1n) is 9.48. The molecule has 0 spiro atoms. The number of hydrogen-bond acceptors (Lipinski definition) is 6. The van der Waals surface area contributed by atoms with Gasteiger partial charge in [-0.1, -0.05) is 40.2 Å². The van der Waals surface area contributed by atoms with Gasteiger partial charge in [-0.15, -0.1) is 0 Å². The van der Waals surface area contributed by atoms with Crippen molar-refractivity contribution in [3.63, 3.8) is 0 Å². The number of amides is 1. The zero-order chi connectivity index (χ0) is 22.6. The number of rotatable bonds is 7. The molecule has 3 aromatic carbocycles. The Morgan fingerprint density at radius 3 is 2.59 bits per heavy atom. The van der Waals surface area contributed by atoms with Crippen molar-refractivity contribution >= 4 is 43.8 Å². The van der Waals surface area contributed by atoms with E-state index in [1.165, 1.54) is 18.3 Å². The summed E-state index contributed by atoms with van der Waals surface area (Å²) >= 11 is 3.34. The van der Waals surface area contributed by atoms with Gasteiger partial charge in [0.2, 0.25) is 6.79 Å². The first-order chi connectivity index (χ1) is 15.4. The highest BCUT2D eigenvalue weighted by Gasteiger charge is 2.27. The van der Waals surface area contributed by atoms with Crippen LogP contribution in [0.1, 0.15) is 5.56 Å². The number of hydrazone groups is 1. The number of sulfonamides is 1. The number of carbonyl (C=O) groups is 1. The number of ether oxygens (including phenoxy) is 2. The van der Waals surface area contributed by atoms with Gasteiger partial charge in [-0.2, -0.15) is 5.10 Å². The van der Waals surface area contributed by atoms with Gasteiger partial charge < -0.3 is 9.47 Å². The molecule has 0 atom stereocenters. The molecule has 1 amide bonds. The predicted octanol–water partition coefficient (Wildman–Crippen LogP) is 3.52. The van der Waals surface area contributed by atoms with E-state index < -0.39 is 22.5 Å². The molecule has 0 radical (unpaired) electrons. The average molecular weight is 516 g/mol. The summed E-state index contributed by atoms with van der Waals surface area (Å²) in [6.45, 7) is -0.292. The van der Waals surface area contributed by atoms with Gasteiger partial charge in [-0.25, -0.2) is 13.8 Å². The second-order valence-electron chi connectivity index (χ2n) is 6.71. The number of nitrogens with zero attached hydrogens (tertiary/aromatic N) is 2. The van der Waals surface area contributed by atoms with Crippen LogP contribution in [0.15, 0.2) is 87.3 Å². The molecule has 164 valence electrons. The van der Waals surface area contributed by atoms with Crippen LogP contribution in [-0.4, -0.2) is 33.9 Å². The SMILES string of the molecule is O=C(CN(c1cccc(Br)c1)S(=O)(=O)c1ccccc1)N/N=C\c1ccc2c(c1)OCO2. The molecule has 4 rings (SSSR count). The summed E-state index contributed by atoms with van der Waals surface area (Å²) in [6, 6.07) is 19.9. The van der Waals surface area contributed by atoms with Gasteiger partial charge in [0.05, 0.1) is 16.8 Å². The average Bonchev–Trinajstić information content (AvgIpc) is 3.26. The van der Waals surface area contributed by atoms with Crippen molar-refractivity contribution in [2.24, 2.45) is 5.10 Å². The number of hydrogen-bond donors (Lipinski definition) is 1. The Labute approximate surface area is 193 Å². The normalized spacial score (nSPS) is 12.7. The maximum atomic E-state index is 13.2. The summed E-state index contributed by atoms with van der Waals surface area (Å²) in [5.74, 6) is 0.638. The van der Waals surface area contributed by atoms with Crippen LogP contribution in [0.3, 0.4) is 0 Å². The Balaban J connectivity index is 1.52. The predicted molar refractivity (Wildman–Crippen MR) is 123 cm³/mol. The number of carbonyl (C=O) groups excluding carboxylic acids is 1. The molecule has 1 aliphatic heterocycles. The van der Waals surface area contributed by atoms with Gasteiger partial charge in [0, 0.05) is 4.47 Å². The fourth-order valence-corrected chi connectivity index (χ4v) is 4.83. The van der Waals surface area contributed by atoms with Crippen LogP contribution < -0.4 is 19.2 Å². The Morgan fingerprint density at radius 1 is 1.03 bits per heavy atom. The van der Waals surface area contributed by atoms with E-state index in [1.807, 2.05) is 0 Å². The second kappa shape index (κ2) is 9.41. The van der Waals surface area contributed by atoms with E-state index in [0.717, 1.165) is 4.31 Å². The lowest BCUT2D eigenvalue weighted by Gasteiger charge is -2.23. The summed E-state index contributed by atoms with van der Waals surface area (Å²) in [5.41, 5.74) is 3.41. The van der Waals surface area contributed by atoms with Crippen molar-refractivity contribution in [1.82, 2.24) is 5.43 Å². The van der Waals surface area contributed by atoms with Crippen LogP contribution in [0, 0.1) is 0 Å². The van der Waals surface area contributed by atoms with Gasteiger partial charge >= 0.3 is 0 Å². The van der Waals surface area contributed by atoms with Gasteiger partial charge in [0.25, 0.3) is 15.9 Å². The molecule has 0 bridgehead atoms. The largest absolute Gasteiger partial charge is 0.454 e. The van der Waals surface area contributed by atoms with Crippen molar-refractivity contribution in [3.05, 3.63) is 82.8 Å². The summed E-state index contributed by atoms with van der Waals surface area (Å²) in [7, 11) is -3.98. The number of fused-ring (bicyclic) bond motifs is 1. The summed E-state index contributed by atoms with van der Waals surface area (Å²) < 4.78 is 38.8. The lowest BCUT2D eigenvalue weighted by Crippen LogP contribution is -2.39. The quantitative estimate of drug-likeness (QED) is 0.383. The van der Waals surface area contributed by atoms with Crippen molar-refractivity contribution in [2.45, 2.75) is 4.90 Å². The Hall–Kier alpha value is -3.37. The van der Waals surface area contributed by atoms with E-state index in [1.54, 1.807) is 60.7 Å². The van der Waals surface area contributed by atoms with Gasteiger partial charge in [0.15, 0.2) is 11.5 Å². The van der Waals surface area contributed by atoms with E-state index in [4.69, 9.17) is 9.47 Å². The number of benzene rings is 3. The molecule has 0 fully saturated rings. The van der Waals surface area contributed by atoms with Crippen LogP contribution >= 0.6 is 15.9 Å². The molecule has 3 aromatic rings. The second-order valence-corrected chi connectivity index (χ2v) is 9.49. The number of halogens is 1. The minimum atomic E-state index is -3.98. The van der Waals surface area contributed by atoms with Gasteiger partial charge in [0.1, 0.15) is 6.54 Å². The van der Waals surface area contributed by atoms with Crippen molar-refractivity contribution < 1.29 is 22.7 Å². The van der Waals surface area contributed by atoms with E-state index >= 15 is 0 Å². The maximum absolute atomic E-state index is 13.2. The first-order valence-corrected chi connectivity index (χ1v) is 11.7. The van der Waals surface area contributed by atoms with Crippen LogP contribution in [0.25, 0.3) is 0 Å². The Kier molecular flexibility index (Phi) is 6.42. The molecular formula is C22H18BrN3O5S. The third-order valence-electron chi connectivity index (χ3n) is 4.51. The highest BCUT2D eigenvalue weighted by atomic mass is 79.9. The smallest absolute Gasteiger partial charge is 0.264 e. The van der Waals surface area contributed by atoms with E-state index in [9.17, 15) is 13.2 Å². The van der Waals surface area contributed by atoms with Crippen LogP contribution in [0.5, 0.6) is 11.5 Å². The Morgan fingerprint density at radius 2 is 1.81 bits per heavy atom. The topological polar surface area (TPSA) is 97.3 Å². The van der Waals surface area contributed by atoms with Crippen LogP contribution in [0.2, 0.25) is 0 Å². The third-order valence-corrected chi connectivity index (χ3v) is 6.80. The molecule has 1 N–H and O–H groups in total. The van der Waals surface area contributed by atoms with Crippen molar-refractivity contribution in [3.8, 4) is 11.5 Å². The van der Waals surface area contributed by atoms with Crippen molar-refractivity contribution in [2.75, 3.05) is 17.6 Å². The lowest BCUT2D eigenvalue weighted by atomic mass is 10.2. The minimum absolute atomic E-state index is 0.0802. The molecule has 0 unspecified atom stereocenters. The van der Waals surface area contributed by atoms with Gasteiger partial charge in [-0.3, -0.25) is 9.10 Å². The summed E-state index contributed by atoms with van der Waals surface area (Å²) in [4.78, 5) is 12.7. The lowest BCUT2D eigenvalue weighted by molar-refractivity contribution is -0.119. The molecule has 0 aliphatic carbocycles. The summed E-state index contributed by atoms with van der Waals surface area (Å²) in [5, 5.41) is 3.93. The van der Waals surface area contributed by atoms with E-state index in [0.29, 0.717) is 27.2 Å². The molecule has 1 heterocycles. The zero-order valence-corrected chi connectivity index (χ0v) is 19.0. The minimum Gasteiger partial charge on any atom is -0.454 e. The standard InChI is InChI=1S/C22H18BrN3O5S/c23-17-5-4-6-18(12-17)26(32(28,29)19-7-2-1-3-8-19)14-22(27)25-24-13-16-9-10-20-21(11-16)31-15-30-20/h1-13H,14-15H2,(H,25,27)/b24-13-. The third kappa shape index (κ3) is 4.92. The molecule has 0 saturated carbocycles. The van der Waals surface area contributed by atoms with E-state index in [-0.39, 0.29) is 11.7 Å².